The normalized spacial score (nSPS) is 24.4. The van der Waals surface area contributed by atoms with Crippen molar-refractivity contribution in [1.82, 2.24) is 10.3 Å². The molecule has 1 fully saturated rings. The molecule has 1 aromatic rings. The maximum Gasteiger partial charge on any atom is 0.270 e. The molecular weight excluding hydrogens is 240 g/mol. The van der Waals surface area contributed by atoms with Gasteiger partial charge in [-0.05, 0) is 37.8 Å². The average Bonchev–Trinajstić information content (AvgIpc) is 2.32. The highest BCUT2D eigenvalue weighted by Gasteiger charge is 2.21. The number of halogens is 1. The number of rotatable bonds is 2. The smallest absolute Gasteiger partial charge is 0.270 e. The van der Waals surface area contributed by atoms with Crippen LogP contribution in [0.1, 0.15) is 36.2 Å². The molecule has 2 N–H and O–H groups in total. The van der Waals surface area contributed by atoms with E-state index in [2.05, 4.69) is 10.3 Å². The number of carbonyl (C=O) groups is 1. The Balaban J connectivity index is 1.93. The minimum absolute atomic E-state index is 0.131. The number of nitrogens with one attached hydrogen (secondary N) is 1. The Bertz CT molecular complexity index is 403. The first-order valence-corrected chi connectivity index (χ1v) is 6.13. The van der Waals surface area contributed by atoms with E-state index in [-0.39, 0.29) is 18.1 Å². The van der Waals surface area contributed by atoms with Gasteiger partial charge >= 0.3 is 0 Å². The zero-order chi connectivity index (χ0) is 12.3. The summed E-state index contributed by atoms with van der Waals surface area (Å²) in [5, 5.41) is 12.8. The molecule has 4 nitrogen and oxygen atoms in total. The van der Waals surface area contributed by atoms with Crippen molar-refractivity contribution in [2.24, 2.45) is 0 Å². The average molecular weight is 255 g/mol. The minimum Gasteiger partial charge on any atom is -0.393 e. The van der Waals surface area contributed by atoms with E-state index in [1.807, 2.05) is 0 Å². The number of aromatic nitrogens is 1. The number of pyridine rings is 1. The Kier molecular flexibility index (Phi) is 3.97. The van der Waals surface area contributed by atoms with Crippen LogP contribution in [-0.4, -0.2) is 28.1 Å². The molecule has 0 atom stereocenters. The van der Waals surface area contributed by atoms with E-state index in [0.717, 1.165) is 25.7 Å². The molecule has 1 heterocycles. The van der Waals surface area contributed by atoms with Crippen molar-refractivity contribution in [3.8, 4) is 0 Å². The van der Waals surface area contributed by atoms with E-state index >= 15 is 0 Å². The van der Waals surface area contributed by atoms with Gasteiger partial charge in [0.15, 0.2) is 0 Å². The van der Waals surface area contributed by atoms with Gasteiger partial charge in [0.05, 0.1) is 6.10 Å². The molecule has 92 valence electrons. The highest BCUT2D eigenvalue weighted by Crippen LogP contribution is 2.18. The maximum absolute atomic E-state index is 11.9. The maximum atomic E-state index is 11.9. The second-order valence-corrected chi connectivity index (χ2v) is 4.77. The van der Waals surface area contributed by atoms with Gasteiger partial charge in [-0.2, -0.15) is 0 Å². The molecule has 0 radical (unpaired) electrons. The molecule has 5 heteroatoms. The topological polar surface area (TPSA) is 62.2 Å². The lowest BCUT2D eigenvalue weighted by Gasteiger charge is -2.25. The molecule has 17 heavy (non-hydrogen) atoms. The number of amides is 1. The molecule has 0 aromatic carbocycles. The first kappa shape index (κ1) is 12.3. The van der Waals surface area contributed by atoms with Gasteiger partial charge in [0.1, 0.15) is 5.69 Å². The van der Waals surface area contributed by atoms with Gasteiger partial charge in [0.25, 0.3) is 5.91 Å². The quantitative estimate of drug-likeness (QED) is 0.846. The second-order valence-electron chi connectivity index (χ2n) is 4.34. The van der Waals surface area contributed by atoms with Crippen LogP contribution in [0.5, 0.6) is 0 Å². The Labute approximate surface area is 105 Å². The lowest BCUT2D eigenvalue weighted by molar-refractivity contribution is 0.0863. The molecule has 0 saturated heterocycles. The van der Waals surface area contributed by atoms with Crippen molar-refractivity contribution >= 4 is 17.5 Å². The Morgan fingerprint density at radius 3 is 2.76 bits per heavy atom. The number of hydrogen-bond donors (Lipinski definition) is 2. The van der Waals surface area contributed by atoms with Crippen LogP contribution in [0.3, 0.4) is 0 Å². The molecule has 2 rings (SSSR count). The van der Waals surface area contributed by atoms with E-state index in [9.17, 15) is 9.90 Å². The van der Waals surface area contributed by atoms with E-state index in [4.69, 9.17) is 11.6 Å². The van der Waals surface area contributed by atoms with E-state index in [1.54, 1.807) is 12.1 Å². The summed E-state index contributed by atoms with van der Waals surface area (Å²) in [7, 11) is 0. The van der Waals surface area contributed by atoms with Gasteiger partial charge in [-0.3, -0.25) is 9.78 Å². The SMILES string of the molecule is O=C(NC1CCC(O)CC1)c1cc(Cl)ccn1. The van der Waals surface area contributed by atoms with Crippen molar-refractivity contribution in [2.75, 3.05) is 0 Å². The monoisotopic (exact) mass is 254 g/mol. The summed E-state index contributed by atoms with van der Waals surface area (Å²) in [5.74, 6) is -0.200. The number of nitrogens with zero attached hydrogens (tertiary/aromatic N) is 1. The van der Waals surface area contributed by atoms with Gasteiger partial charge in [-0.1, -0.05) is 11.6 Å². The second kappa shape index (κ2) is 5.47. The van der Waals surface area contributed by atoms with Crippen molar-refractivity contribution in [3.63, 3.8) is 0 Å². The van der Waals surface area contributed by atoms with Gasteiger partial charge in [0.2, 0.25) is 0 Å². The van der Waals surface area contributed by atoms with Gasteiger partial charge in [0, 0.05) is 17.3 Å². The molecule has 0 spiro atoms. The van der Waals surface area contributed by atoms with Gasteiger partial charge < -0.3 is 10.4 Å². The number of hydrogen-bond acceptors (Lipinski definition) is 3. The highest BCUT2D eigenvalue weighted by molar-refractivity contribution is 6.30. The Morgan fingerprint density at radius 1 is 1.41 bits per heavy atom. The molecule has 1 saturated carbocycles. The third-order valence-electron chi connectivity index (χ3n) is 2.99. The fourth-order valence-electron chi connectivity index (χ4n) is 2.01. The molecule has 1 aliphatic rings. The third kappa shape index (κ3) is 3.41. The molecule has 0 bridgehead atoms. The van der Waals surface area contributed by atoms with Crippen LogP contribution in [0, 0.1) is 0 Å². The summed E-state index contributed by atoms with van der Waals surface area (Å²) < 4.78 is 0. The Morgan fingerprint density at radius 2 is 2.12 bits per heavy atom. The summed E-state index contributed by atoms with van der Waals surface area (Å²) in [6.45, 7) is 0. The summed E-state index contributed by atoms with van der Waals surface area (Å²) in [5.41, 5.74) is 0.337. The number of carbonyl (C=O) groups excluding carboxylic acids is 1. The lowest BCUT2D eigenvalue weighted by atomic mass is 9.93. The van der Waals surface area contributed by atoms with Crippen LogP contribution < -0.4 is 5.32 Å². The fourth-order valence-corrected chi connectivity index (χ4v) is 2.17. The fraction of sp³-hybridized carbons (Fsp3) is 0.500. The number of aliphatic hydroxyl groups is 1. The van der Waals surface area contributed by atoms with E-state index < -0.39 is 0 Å². The molecule has 1 aromatic heterocycles. The largest absolute Gasteiger partial charge is 0.393 e. The van der Waals surface area contributed by atoms with Crippen LogP contribution in [-0.2, 0) is 0 Å². The summed E-state index contributed by atoms with van der Waals surface area (Å²) >= 11 is 5.80. The van der Waals surface area contributed by atoms with Gasteiger partial charge in [-0.25, -0.2) is 0 Å². The molecule has 0 aliphatic heterocycles. The summed E-state index contributed by atoms with van der Waals surface area (Å²) in [4.78, 5) is 15.8. The van der Waals surface area contributed by atoms with Crippen LogP contribution in [0.4, 0.5) is 0 Å². The molecular formula is C12H15ClN2O2. The zero-order valence-electron chi connectivity index (χ0n) is 9.40. The molecule has 1 amide bonds. The number of aliphatic hydroxyl groups excluding tert-OH is 1. The first-order chi connectivity index (χ1) is 8.15. The Hall–Kier alpha value is -1.13. The summed E-state index contributed by atoms with van der Waals surface area (Å²) in [6, 6.07) is 3.32. The molecule has 0 unspecified atom stereocenters. The van der Waals surface area contributed by atoms with Crippen LogP contribution in [0.2, 0.25) is 5.02 Å². The van der Waals surface area contributed by atoms with Crippen LogP contribution in [0.15, 0.2) is 18.3 Å². The van der Waals surface area contributed by atoms with E-state index in [0.29, 0.717) is 10.7 Å². The third-order valence-corrected chi connectivity index (χ3v) is 3.22. The minimum atomic E-state index is -0.215. The van der Waals surface area contributed by atoms with Gasteiger partial charge in [-0.15, -0.1) is 0 Å². The highest BCUT2D eigenvalue weighted by atomic mass is 35.5. The molecule has 1 aliphatic carbocycles. The van der Waals surface area contributed by atoms with Crippen molar-refractivity contribution in [3.05, 3.63) is 29.0 Å². The van der Waals surface area contributed by atoms with Crippen LogP contribution >= 0.6 is 11.6 Å². The van der Waals surface area contributed by atoms with Crippen molar-refractivity contribution < 1.29 is 9.90 Å². The predicted molar refractivity (Wildman–Crippen MR) is 65.0 cm³/mol. The van der Waals surface area contributed by atoms with E-state index in [1.165, 1.54) is 6.20 Å². The predicted octanol–water partition coefficient (Wildman–Crippen LogP) is 1.77. The standard InChI is InChI=1S/C12H15ClN2O2/c13-8-5-6-14-11(7-8)12(17)15-9-1-3-10(16)4-2-9/h5-7,9-10,16H,1-4H2,(H,15,17). The van der Waals surface area contributed by atoms with Crippen LogP contribution in [0.25, 0.3) is 0 Å². The zero-order valence-corrected chi connectivity index (χ0v) is 10.2. The van der Waals surface area contributed by atoms with Crippen molar-refractivity contribution in [1.29, 1.82) is 0 Å². The summed E-state index contributed by atoms with van der Waals surface area (Å²) in [6.07, 6.45) is 4.41. The lowest BCUT2D eigenvalue weighted by Crippen LogP contribution is -2.38. The first-order valence-electron chi connectivity index (χ1n) is 5.75. The van der Waals surface area contributed by atoms with Crippen molar-refractivity contribution in [2.45, 2.75) is 37.8 Å².